The molecule has 1 aliphatic heterocycles. The first-order valence-electron chi connectivity index (χ1n) is 6.72. The highest BCUT2D eigenvalue weighted by Crippen LogP contribution is 2.39. The quantitative estimate of drug-likeness (QED) is 0.876. The van der Waals surface area contributed by atoms with Gasteiger partial charge in [0.25, 0.3) is 5.91 Å². The number of primary sulfonamides is 1. The van der Waals surface area contributed by atoms with Crippen molar-refractivity contribution in [2.45, 2.75) is 30.4 Å². The standard InChI is InChI=1S/C13H17N3O3S/c14-20(18,19)11-4-6-16(8-11)13(17)10-3-5-15-12(7-10)9-1-2-9/h3,5,7,9,11H,1-2,4,6,8H2,(H2,14,18,19). The summed E-state index contributed by atoms with van der Waals surface area (Å²) < 4.78 is 22.6. The van der Waals surface area contributed by atoms with E-state index in [0.29, 0.717) is 24.4 Å². The van der Waals surface area contributed by atoms with Crippen LogP contribution in [0.3, 0.4) is 0 Å². The minimum atomic E-state index is -3.57. The summed E-state index contributed by atoms with van der Waals surface area (Å²) in [7, 11) is -3.57. The Morgan fingerprint density at radius 2 is 2.10 bits per heavy atom. The first kappa shape index (κ1) is 13.5. The van der Waals surface area contributed by atoms with E-state index in [1.165, 1.54) is 0 Å². The monoisotopic (exact) mass is 295 g/mol. The normalized spacial score (nSPS) is 23.1. The van der Waals surface area contributed by atoms with Gasteiger partial charge in [-0.1, -0.05) is 0 Å². The molecule has 20 heavy (non-hydrogen) atoms. The molecule has 2 aliphatic rings. The fraction of sp³-hybridized carbons (Fsp3) is 0.538. The summed E-state index contributed by atoms with van der Waals surface area (Å²) in [4.78, 5) is 18.2. The SMILES string of the molecule is NS(=O)(=O)C1CCN(C(=O)c2ccnc(C3CC3)c2)C1. The number of rotatable bonds is 3. The van der Waals surface area contributed by atoms with E-state index in [1.54, 1.807) is 17.2 Å². The number of carbonyl (C=O) groups excluding carboxylic acids is 1. The van der Waals surface area contributed by atoms with Crippen LogP contribution >= 0.6 is 0 Å². The van der Waals surface area contributed by atoms with Crippen molar-refractivity contribution < 1.29 is 13.2 Å². The molecule has 0 radical (unpaired) electrons. The average molecular weight is 295 g/mol. The molecule has 1 saturated heterocycles. The van der Waals surface area contributed by atoms with Gasteiger partial charge in [-0.15, -0.1) is 0 Å². The van der Waals surface area contributed by atoms with Crippen LogP contribution in [0.4, 0.5) is 0 Å². The molecule has 2 heterocycles. The molecule has 1 saturated carbocycles. The molecule has 108 valence electrons. The van der Waals surface area contributed by atoms with E-state index in [2.05, 4.69) is 4.98 Å². The van der Waals surface area contributed by atoms with Crippen LogP contribution in [0.25, 0.3) is 0 Å². The Balaban J connectivity index is 1.75. The zero-order chi connectivity index (χ0) is 14.3. The molecule has 0 bridgehead atoms. The van der Waals surface area contributed by atoms with Gasteiger partial charge in [-0.25, -0.2) is 13.6 Å². The summed E-state index contributed by atoms with van der Waals surface area (Å²) in [5.41, 5.74) is 1.54. The van der Waals surface area contributed by atoms with Gasteiger partial charge in [0.15, 0.2) is 0 Å². The molecule has 3 rings (SSSR count). The van der Waals surface area contributed by atoms with Crippen molar-refractivity contribution in [2.75, 3.05) is 13.1 Å². The van der Waals surface area contributed by atoms with Gasteiger partial charge in [0.05, 0.1) is 5.25 Å². The van der Waals surface area contributed by atoms with Crippen LogP contribution in [0.15, 0.2) is 18.3 Å². The van der Waals surface area contributed by atoms with E-state index in [4.69, 9.17) is 5.14 Å². The Hall–Kier alpha value is -1.47. The Morgan fingerprint density at radius 1 is 1.35 bits per heavy atom. The lowest BCUT2D eigenvalue weighted by Crippen LogP contribution is -2.34. The molecule has 6 nitrogen and oxygen atoms in total. The van der Waals surface area contributed by atoms with E-state index in [9.17, 15) is 13.2 Å². The van der Waals surface area contributed by atoms with E-state index in [1.807, 2.05) is 6.07 Å². The topological polar surface area (TPSA) is 93.4 Å². The maximum atomic E-state index is 12.4. The summed E-state index contributed by atoms with van der Waals surface area (Å²) in [6, 6.07) is 3.50. The molecule has 0 spiro atoms. The van der Waals surface area contributed by atoms with E-state index in [0.717, 1.165) is 18.5 Å². The van der Waals surface area contributed by atoms with Crippen molar-refractivity contribution in [1.82, 2.24) is 9.88 Å². The fourth-order valence-corrected chi connectivity index (χ4v) is 3.37. The van der Waals surface area contributed by atoms with Crippen LogP contribution in [0.5, 0.6) is 0 Å². The van der Waals surface area contributed by atoms with Crippen LogP contribution < -0.4 is 5.14 Å². The summed E-state index contributed by atoms with van der Waals surface area (Å²) in [5, 5.41) is 4.50. The molecular weight excluding hydrogens is 278 g/mol. The van der Waals surface area contributed by atoms with Gasteiger partial charge in [0.2, 0.25) is 10.0 Å². The first-order valence-corrected chi connectivity index (χ1v) is 8.33. The maximum absolute atomic E-state index is 12.4. The lowest BCUT2D eigenvalue weighted by molar-refractivity contribution is 0.0793. The fourth-order valence-electron chi connectivity index (χ4n) is 2.55. The minimum Gasteiger partial charge on any atom is -0.337 e. The van der Waals surface area contributed by atoms with Crippen molar-refractivity contribution in [2.24, 2.45) is 5.14 Å². The molecule has 1 atom stereocenters. The van der Waals surface area contributed by atoms with Crippen molar-refractivity contribution in [3.05, 3.63) is 29.6 Å². The number of hydrogen-bond donors (Lipinski definition) is 1. The summed E-state index contributed by atoms with van der Waals surface area (Å²) in [6.07, 6.45) is 4.31. The molecule has 1 aromatic rings. The zero-order valence-electron chi connectivity index (χ0n) is 11.0. The van der Waals surface area contributed by atoms with Crippen molar-refractivity contribution >= 4 is 15.9 Å². The predicted octanol–water partition coefficient (Wildman–Crippen LogP) is 0.462. The molecule has 1 amide bonds. The Morgan fingerprint density at radius 3 is 2.70 bits per heavy atom. The highest BCUT2D eigenvalue weighted by molar-refractivity contribution is 7.89. The van der Waals surface area contributed by atoms with Gasteiger partial charge in [-0.05, 0) is 31.4 Å². The van der Waals surface area contributed by atoms with E-state index in [-0.39, 0.29) is 12.5 Å². The van der Waals surface area contributed by atoms with E-state index >= 15 is 0 Å². The lowest BCUT2D eigenvalue weighted by Gasteiger charge is -2.16. The van der Waals surface area contributed by atoms with Crippen LogP contribution in [0.2, 0.25) is 0 Å². The number of nitrogens with zero attached hydrogens (tertiary/aromatic N) is 2. The average Bonchev–Trinajstić information content (AvgIpc) is 3.13. The molecule has 1 aliphatic carbocycles. The minimum absolute atomic E-state index is 0.138. The van der Waals surface area contributed by atoms with Crippen molar-refractivity contribution in [1.29, 1.82) is 0 Å². The highest BCUT2D eigenvalue weighted by atomic mass is 32.2. The maximum Gasteiger partial charge on any atom is 0.254 e. The third-order valence-corrected chi connectivity index (χ3v) is 5.23. The largest absolute Gasteiger partial charge is 0.337 e. The molecule has 1 aromatic heterocycles. The van der Waals surface area contributed by atoms with Crippen molar-refractivity contribution in [3.63, 3.8) is 0 Å². The lowest BCUT2D eigenvalue weighted by atomic mass is 10.1. The van der Waals surface area contributed by atoms with Gasteiger partial charge in [-0.3, -0.25) is 9.78 Å². The van der Waals surface area contributed by atoms with Crippen LogP contribution in [-0.2, 0) is 10.0 Å². The van der Waals surface area contributed by atoms with Gasteiger partial charge in [0, 0.05) is 36.5 Å². The predicted molar refractivity (Wildman–Crippen MR) is 73.6 cm³/mol. The molecule has 1 unspecified atom stereocenters. The number of hydrogen-bond acceptors (Lipinski definition) is 4. The Bertz CT molecular complexity index is 640. The summed E-state index contributed by atoms with van der Waals surface area (Å²) in [6.45, 7) is 0.611. The second-order valence-corrected chi connectivity index (χ2v) is 7.34. The first-order chi connectivity index (χ1) is 9.45. The van der Waals surface area contributed by atoms with Crippen LogP contribution in [0.1, 0.15) is 41.2 Å². The smallest absolute Gasteiger partial charge is 0.254 e. The molecule has 2 N–H and O–H groups in total. The molecular formula is C13H17N3O3S. The van der Waals surface area contributed by atoms with Crippen molar-refractivity contribution in [3.8, 4) is 0 Å². The third-order valence-electron chi connectivity index (χ3n) is 3.92. The number of likely N-dealkylation sites (tertiary alicyclic amines) is 1. The summed E-state index contributed by atoms with van der Waals surface area (Å²) in [5.74, 6) is 0.346. The highest BCUT2D eigenvalue weighted by Gasteiger charge is 2.34. The van der Waals surface area contributed by atoms with Crippen LogP contribution in [0, 0.1) is 0 Å². The Labute approximate surface area is 118 Å². The second kappa shape index (κ2) is 4.82. The van der Waals surface area contributed by atoms with Gasteiger partial charge >= 0.3 is 0 Å². The van der Waals surface area contributed by atoms with E-state index < -0.39 is 15.3 Å². The number of carbonyl (C=O) groups is 1. The second-order valence-electron chi connectivity index (χ2n) is 5.49. The zero-order valence-corrected chi connectivity index (χ0v) is 11.8. The number of sulfonamides is 1. The summed E-state index contributed by atoms with van der Waals surface area (Å²) >= 11 is 0. The number of pyridine rings is 1. The van der Waals surface area contributed by atoms with Gasteiger partial charge < -0.3 is 4.90 Å². The number of amides is 1. The van der Waals surface area contributed by atoms with Crippen LogP contribution in [-0.4, -0.2) is 42.5 Å². The Kier molecular flexibility index (Phi) is 3.25. The number of nitrogens with two attached hydrogens (primary N) is 1. The molecule has 2 fully saturated rings. The third kappa shape index (κ3) is 2.69. The molecule has 7 heteroatoms. The van der Waals surface area contributed by atoms with Gasteiger partial charge in [0.1, 0.15) is 0 Å². The van der Waals surface area contributed by atoms with Gasteiger partial charge in [-0.2, -0.15) is 0 Å². The number of aromatic nitrogens is 1. The molecule has 0 aromatic carbocycles.